The largest absolute Gasteiger partial charge is 0.310 e. The second kappa shape index (κ2) is 4.87. The van der Waals surface area contributed by atoms with E-state index in [1.54, 1.807) is 10.9 Å². The minimum atomic E-state index is 0.665. The molecule has 96 valence electrons. The molecule has 1 aromatic heterocycles. The summed E-state index contributed by atoms with van der Waals surface area (Å²) in [6, 6.07) is 8.91. The first kappa shape index (κ1) is 11.9. The highest BCUT2D eigenvalue weighted by molar-refractivity contribution is 5.50. The first-order chi connectivity index (χ1) is 9.26. The molecule has 0 unspecified atom stereocenters. The Morgan fingerprint density at radius 2 is 2.32 bits per heavy atom. The highest BCUT2D eigenvalue weighted by Crippen LogP contribution is 2.20. The molecule has 1 saturated carbocycles. The van der Waals surface area contributed by atoms with Crippen LogP contribution in [0, 0.1) is 18.3 Å². The van der Waals surface area contributed by atoms with Crippen molar-refractivity contribution in [3.05, 3.63) is 47.3 Å². The lowest BCUT2D eigenvalue weighted by Gasteiger charge is -2.08. The maximum atomic E-state index is 9.29. The van der Waals surface area contributed by atoms with Crippen molar-refractivity contribution in [3.8, 4) is 11.8 Å². The molecule has 0 radical (unpaired) electrons. The Hall–Kier alpha value is -2.12. The summed E-state index contributed by atoms with van der Waals surface area (Å²) in [5.74, 6) is 0. The smallest absolute Gasteiger partial charge is 0.101 e. The van der Waals surface area contributed by atoms with Crippen molar-refractivity contribution in [1.29, 1.82) is 5.26 Å². The number of hydrogen-bond donors (Lipinski definition) is 1. The first-order valence-corrected chi connectivity index (χ1v) is 6.54. The van der Waals surface area contributed by atoms with Gasteiger partial charge in [0.05, 0.1) is 17.4 Å². The number of aryl methyl sites for hydroxylation is 1. The molecule has 1 aromatic carbocycles. The molecule has 0 atom stereocenters. The van der Waals surface area contributed by atoms with Gasteiger partial charge < -0.3 is 5.32 Å². The van der Waals surface area contributed by atoms with Crippen molar-refractivity contribution in [2.45, 2.75) is 32.4 Å². The van der Waals surface area contributed by atoms with E-state index in [1.807, 2.05) is 25.3 Å². The van der Waals surface area contributed by atoms with E-state index in [1.165, 1.54) is 12.8 Å². The van der Waals surface area contributed by atoms with E-state index in [0.29, 0.717) is 11.6 Å². The van der Waals surface area contributed by atoms with Crippen LogP contribution in [0.5, 0.6) is 0 Å². The maximum absolute atomic E-state index is 9.29. The van der Waals surface area contributed by atoms with Crippen LogP contribution < -0.4 is 5.32 Å². The molecule has 0 bridgehead atoms. The quantitative estimate of drug-likeness (QED) is 0.908. The van der Waals surface area contributed by atoms with Gasteiger partial charge in [0.25, 0.3) is 0 Å². The highest BCUT2D eigenvalue weighted by atomic mass is 15.3. The molecular weight excluding hydrogens is 236 g/mol. The lowest BCUT2D eigenvalue weighted by atomic mass is 10.1. The van der Waals surface area contributed by atoms with Gasteiger partial charge >= 0.3 is 0 Å². The molecule has 3 rings (SSSR count). The van der Waals surface area contributed by atoms with Crippen LogP contribution in [0.1, 0.15) is 29.5 Å². The summed E-state index contributed by atoms with van der Waals surface area (Å²) < 4.78 is 1.76. The fourth-order valence-corrected chi connectivity index (χ4v) is 2.08. The second-order valence-corrected chi connectivity index (χ2v) is 5.08. The molecule has 19 heavy (non-hydrogen) atoms. The van der Waals surface area contributed by atoms with Gasteiger partial charge in [-0.05, 0) is 43.0 Å². The SMILES string of the molecule is Cc1cnn(-c2ccc(CNC3CC3)cc2C#N)c1. The lowest BCUT2D eigenvalue weighted by Crippen LogP contribution is -2.15. The molecule has 4 heteroatoms. The van der Waals surface area contributed by atoms with Gasteiger partial charge in [0, 0.05) is 18.8 Å². The number of rotatable bonds is 4. The summed E-state index contributed by atoms with van der Waals surface area (Å²) in [7, 11) is 0. The van der Waals surface area contributed by atoms with Gasteiger partial charge in [-0.15, -0.1) is 0 Å². The molecule has 1 heterocycles. The van der Waals surface area contributed by atoms with E-state index in [2.05, 4.69) is 22.6 Å². The van der Waals surface area contributed by atoms with Crippen LogP contribution in [0.3, 0.4) is 0 Å². The number of aromatic nitrogens is 2. The molecule has 2 aromatic rings. The number of nitrogens with zero attached hydrogens (tertiary/aromatic N) is 3. The molecule has 0 amide bonds. The Morgan fingerprint density at radius 3 is 2.95 bits per heavy atom. The molecule has 1 N–H and O–H groups in total. The van der Waals surface area contributed by atoms with E-state index in [-0.39, 0.29) is 0 Å². The predicted molar refractivity (Wildman–Crippen MR) is 72.9 cm³/mol. The van der Waals surface area contributed by atoms with E-state index in [9.17, 15) is 5.26 Å². The zero-order valence-electron chi connectivity index (χ0n) is 10.9. The summed E-state index contributed by atoms with van der Waals surface area (Å²) in [4.78, 5) is 0. The molecule has 1 aliphatic carbocycles. The fourth-order valence-electron chi connectivity index (χ4n) is 2.08. The van der Waals surface area contributed by atoms with E-state index in [4.69, 9.17) is 0 Å². The van der Waals surface area contributed by atoms with Gasteiger partial charge in [-0.25, -0.2) is 4.68 Å². The maximum Gasteiger partial charge on any atom is 0.101 e. The van der Waals surface area contributed by atoms with E-state index >= 15 is 0 Å². The van der Waals surface area contributed by atoms with E-state index < -0.39 is 0 Å². The van der Waals surface area contributed by atoms with Crippen molar-refractivity contribution in [1.82, 2.24) is 15.1 Å². The van der Waals surface area contributed by atoms with Crippen molar-refractivity contribution in [2.75, 3.05) is 0 Å². The van der Waals surface area contributed by atoms with E-state index in [0.717, 1.165) is 23.4 Å². The number of nitrogens with one attached hydrogen (secondary N) is 1. The molecule has 0 aliphatic heterocycles. The van der Waals surface area contributed by atoms with Gasteiger partial charge in [-0.2, -0.15) is 10.4 Å². The highest BCUT2D eigenvalue weighted by Gasteiger charge is 2.20. The summed E-state index contributed by atoms with van der Waals surface area (Å²) in [5.41, 5.74) is 3.74. The van der Waals surface area contributed by atoms with Crippen molar-refractivity contribution in [3.63, 3.8) is 0 Å². The van der Waals surface area contributed by atoms with Crippen LogP contribution in [0.4, 0.5) is 0 Å². The standard InChI is InChI=1S/C15H16N4/c1-11-8-18-19(10-11)15-5-2-12(6-13(15)7-16)9-17-14-3-4-14/h2,5-6,8,10,14,17H,3-4,9H2,1H3. The van der Waals surface area contributed by atoms with Crippen LogP contribution in [0.2, 0.25) is 0 Å². The van der Waals surface area contributed by atoms with Gasteiger partial charge in [-0.1, -0.05) is 6.07 Å². The monoisotopic (exact) mass is 252 g/mol. The average Bonchev–Trinajstić information content (AvgIpc) is 3.17. The second-order valence-electron chi connectivity index (χ2n) is 5.08. The summed E-state index contributed by atoms with van der Waals surface area (Å²) in [6.45, 7) is 2.82. The van der Waals surface area contributed by atoms with Crippen LogP contribution in [-0.2, 0) is 6.54 Å². The van der Waals surface area contributed by atoms with Gasteiger partial charge in [0.1, 0.15) is 6.07 Å². The van der Waals surface area contributed by atoms with Crippen LogP contribution in [-0.4, -0.2) is 15.8 Å². The van der Waals surface area contributed by atoms with Crippen LogP contribution >= 0.6 is 0 Å². The Labute approximate surface area is 112 Å². The average molecular weight is 252 g/mol. The molecule has 1 fully saturated rings. The fraction of sp³-hybridized carbons (Fsp3) is 0.333. The summed E-state index contributed by atoms with van der Waals surface area (Å²) in [6.07, 6.45) is 6.27. The topological polar surface area (TPSA) is 53.6 Å². The Morgan fingerprint density at radius 1 is 1.47 bits per heavy atom. The minimum Gasteiger partial charge on any atom is -0.310 e. The Kier molecular flexibility index (Phi) is 3.06. The third kappa shape index (κ3) is 2.67. The molecule has 4 nitrogen and oxygen atoms in total. The van der Waals surface area contributed by atoms with Crippen molar-refractivity contribution < 1.29 is 0 Å². The summed E-state index contributed by atoms with van der Waals surface area (Å²) >= 11 is 0. The predicted octanol–water partition coefficient (Wildman–Crippen LogP) is 2.30. The first-order valence-electron chi connectivity index (χ1n) is 6.54. The van der Waals surface area contributed by atoms with Crippen LogP contribution in [0.15, 0.2) is 30.6 Å². The van der Waals surface area contributed by atoms with Crippen molar-refractivity contribution >= 4 is 0 Å². The minimum absolute atomic E-state index is 0.665. The van der Waals surface area contributed by atoms with Gasteiger partial charge in [-0.3, -0.25) is 0 Å². The molecular formula is C15H16N4. The zero-order chi connectivity index (χ0) is 13.2. The zero-order valence-corrected chi connectivity index (χ0v) is 10.9. The third-order valence-electron chi connectivity index (χ3n) is 3.31. The van der Waals surface area contributed by atoms with Gasteiger partial charge in [0.2, 0.25) is 0 Å². The lowest BCUT2D eigenvalue weighted by molar-refractivity contribution is 0.687. The molecule has 1 aliphatic rings. The number of nitriles is 1. The van der Waals surface area contributed by atoms with Crippen LogP contribution in [0.25, 0.3) is 5.69 Å². The van der Waals surface area contributed by atoms with Crippen molar-refractivity contribution in [2.24, 2.45) is 0 Å². The Bertz CT molecular complexity index is 632. The number of hydrogen-bond acceptors (Lipinski definition) is 3. The summed E-state index contributed by atoms with van der Waals surface area (Å²) in [5, 5.41) is 17.0. The number of benzene rings is 1. The normalized spacial score (nSPS) is 14.3. The van der Waals surface area contributed by atoms with Gasteiger partial charge in [0.15, 0.2) is 0 Å². The Balaban J connectivity index is 1.86. The molecule has 0 saturated heterocycles. The third-order valence-corrected chi connectivity index (χ3v) is 3.31. The molecule has 0 spiro atoms.